The number of carbonyl (C=O) groups excluding carboxylic acids is 2. The third-order valence-corrected chi connectivity index (χ3v) is 12.6. The van der Waals surface area contributed by atoms with Crippen molar-refractivity contribution in [3.63, 3.8) is 0 Å². The number of benzene rings is 3. The standard InChI is InChI=1S/C44H49NO23/c1-62-22-11-23-28(20(49)10-21(64-23)16-6-8-17(48)9-7-16)33(54)29(22)39-40(68-42-38(59)35(56)31(52)25(14-47)67-42)36(57)32(53)26(65-39)15-63-27(50)12-44(61)18-4-2-3-5-19(18)45(43(44)60)41-37(58)34(55)30(51)24(13-46)66-41/h2-11,24-26,30-32,34-42,46-48,51-59,61H,12-15H2,1H3/t24-,25-,26-,30-,31-,32-,34+,35+,36+,37-,38-,39+,40-,41-,42+,44-/m1/s1. The van der Waals surface area contributed by atoms with Crippen LogP contribution in [-0.2, 0) is 38.9 Å². The van der Waals surface area contributed by atoms with Gasteiger partial charge in [0.05, 0.1) is 38.0 Å². The molecule has 3 saturated heterocycles. The van der Waals surface area contributed by atoms with Gasteiger partial charge in [0, 0.05) is 23.3 Å². The van der Waals surface area contributed by atoms with Crippen LogP contribution in [-0.4, -0.2) is 191 Å². The van der Waals surface area contributed by atoms with Gasteiger partial charge in [-0.25, -0.2) is 0 Å². The summed E-state index contributed by atoms with van der Waals surface area (Å²) in [4.78, 5) is 42.2. The van der Waals surface area contributed by atoms with Gasteiger partial charge >= 0.3 is 5.97 Å². The normalized spacial score (nSPS) is 35.0. The fraction of sp³-hybridized carbons (Fsp3) is 0.477. The second kappa shape index (κ2) is 19.2. The Bertz CT molecular complexity index is 2550. The summed E-state index contributed by atoms with van der Waals surface area (Å²) in [6.45, 7) is -2.68. The molecule has 0 unspecified atom stereocenters. The maximum absolute atomic E-state index is 14.1. The molecule has 5 heterocycles. The second-order valence-electron chi connectivity index (χ2n) is 16.7. The third-order valence-electron chi connectivity index (χ3n) is 12.6. The first-order chi connectivity index (χ1) is 32.3. The highest BCUT2D eigenvalue weighted by Gasteiger charge is 2.58. The Labute approximate surface area is 383 Å². The molecule has 4 aliphatic heterocycles. The van der Waals surface area contributed by atoms with Crippen molar-refractivity contribution in [1.82, 2.24) is 0 Å². The van der Waals surface area contributed by atoms with Crippen LogP contribution in [0.1, 0.15) is 23.7 Å². The Morgan fingerprint density at radius 2 is 1.38 bits per heavy atom. The number of esters is 1. The summed E-state index contributed by atoms with van der Waals surface area (Å²) >= 11 is 0. The number of phenols is 2. The molecule has 16 atom stereocenters. The van der Waals surface area contributed by atoms with Crippen molar-refractivity contribution < 1.29 is 109 Å². The number of rotatable bonds is 12. The Hall–Kier alpha value is -5.39. The first kappa shape index (κ1) is 49.0. The number of aliphatic hydroxyl groups is 11. The summed E-state index contributed by atoms with van der Waals surface area (Å²) < 4.78 is 40.1. The average Bonchev–Trinajstić information content (AvgIpc) is 3.53. The van der Waals surface area contributed by atoms with Gasteiger partial charge in [-0.2, -0.15) is 0 Å². The molecule has 4 aliphatic rings. The lowest BCUT2D eigenvalue weighted by atomic mass is 9.89. The molecule has 0 aliphatic carbocycles. The molecule has 68 heavy (non-hydrogen) atoms. The van der Waals surface area contributed by atoms with Gasteiger partial charge in [0.1, 0.15) is 120 Å². The number of fused-ring (bicyclic) bond motifs is 2. The van der Waals surface area contributed by atoms with Crippen LogP contribution in [0.4, 0.5) is 5.69 Å². The van der Waals surface area contributed by atoms with Crippen LogP contribution in [0.2, 0.25) is 0 Å². The lowest BCUT2D eigenvalue weighted by molar-refractivity contribution is -0.342. The van der Waals surface area contributed by atoms with Crippen molar-refractivity contribution >= 4 is 28.5 Å². The van der Waals surface area contributed by atoms with Gasteiger partial charge in [-0.15, -0.1) is 0 Å². The lowest BCUT2D eigenvalue weighted by Gasteiger charge is -2.46. The molecule has 0 radical (unpaired) electrons. The number of para-hydroxylation sites is 1. The Balaban J connectivity index is 1.10. The van der Waals surface area contributed by atoms with Crippen molar-refractivity contribution in [3.8, 4) is 28.6 Å². The maximum atomic E-state index is 14.1. The van der Waals surface area contributed by atoms with Gasteiger partial charge in [-0.1, -0.05) is 18.2 Å². The zero-order chi connectivity index (χ0) is 49.1. The number of hydrogen-bond acceptors (Lipinski definition) is 23. The predicted molar refractivity (Wildman–Crippen MR) is 223 cm³/mol. The molecule has 368 valence electrons. The molecule has 1 amide bonds. The number of aromatic hydroxyl groups is 2. The topological polar surface area (TPSA) is 386 Å². The smallest absolute Gasteiger partial charge is 0.309 e. The van der Waals surface area contributed by atoms with Gasteiger partial charge in [-0.3, -0.25) is 19.3 Å². The van der Waals surface area contributed by atoms with Crippen LogP contribution < -0.4 is 15.1 Å². The van der Waals surface area contributed by atoms with Gasteiger partial charge in [0.15, 0.2) is 23.5 Å². The van der Waals surface area contributed by atoms with Gasteiger partial charge in [0.25, 0.3) is 5.91 Å². The lowest BCUT2D eigenvalue weighted by Crippen LogP contribution is -2.64. The first-order valence-electron chi connectivity index (χ1n) is 21.1. The zero-order valence-electron chi connectivity index (χ0n) is 35.6. The Kier molecular flexibility index (Phi) is 13.8. The van der Waals surface area contributed by atoms with Crippen LogP contribution in [0, 0.1) is 0 Å². The number of hydrogen-bond donors (Lipinski definition) is 13. The van der Waals surface area contributed by atoms with E-state index >= 15 is 0 Å². The van der Waals surface area contributed by atoms with Crippen molar-refractivity contribution in [2.24, 2.45) is 0 Å². The molecular formula is C44H49NO23. The van der Waals surface area contributed by atoms with E-state index in [1.165, 1.54) is 54.6 Å². The largest absolute Gasteiger partial charge is 0.508 e. The van der Waals surface area contributed by atoms with E-state index in [4.69, 9.17) is 32.8 Å². The van der Waals surface area contributed by atoms with Gasteiger partial charge in [0.2, 0.25) is 0 Å². The van der Waals surface area contributed by atoms with Crippen LogP contribution in [0.5, 0.6) is 17.2 Å². The molecule has 1 aromatic heterocycles. The van der Waals surface area contributed by atoms with E-state index in [1.54, 1.807) is 0 Å². The number of anilines is 1. The number of phenolic OH excluding ortho intramolecular Hbond substituents is 2. The molecule has 24 nitrogen and oxygen atoms in total. The minimum absolute atomic E-state index is 0.0175. The summed E-state index contributed by atoms with van der Waals surface area (Å²) in [5, 5.41) is 139. The Morgan fingerprint density at radius 1 is 0.750 bits per heavy atom. The van der Waals surface area contributed by atoms with Crippen molar-refractivity contribution in [1.29, 1.82) is 0 Å². The summed E-state index contributed by atoms with van der Waals surface area (Å²) in [5.74, 6) is -3.73. The van der Waals surface area contributed by atoms with Gasteiger partial charge in [-0.05, 0) is 30.3 Å². The highest BCUT2D eigenvalue weighted by molar-refractivity contribution is 6.08. The SMILES string of the molecule is COc1cc2oc(-c3ccc(O)cc3)cc(=O)c2c(O)c1[C@@H]1O[C@H](COC(=O)C[C@]2(O)C(=O)N([C@@H]3O[C@H](CO)[C@@H](O)[C@H](O)[C@H]3O)c3ccccc32)[C@@H](O)[C@H](O)[C@H]1O[C@@H]1O[C@H](CO)[C@@H](O)[C@H](O)[C@H]1O. The van der Waals surface area contributed by atoms with Crippen LogP contribution in [0.25, 0.3) is 22.3 Å². The highest BCUT2D eigenvalue weighted by atomic mass is 16.7. The quantitative estimate of drug-likeness (QED) is 0.0606. The molecular weight excluding hydrogens is 910 g/mol. The van der Waals surface area contributed by atoms with Crippen LogP contribution in [0.3, 0.4) is 0 Å². The molecule has 0 spiro atoms. The number of carbonyl (C=O) groups is 2. The molecule has 13 N–H and O–H groups in total. The minimum Gasteiger partial charge on any atom is -0.508 e. The Morgan fingerprint density at radius 3 is 2.04 bits per heavy atom. The summed E-state index contributed by atoms with van der Waals surface area (Å²) in [6, 6.07) is 13.3. The third kappa shape index (κ3) is 8.45. The summed E-state index contributed by atoms with van der Waals surface area (Å²) in [5.41, 5.74) is -4.07. The minimum atomic E-state index is -2.72. The predicted octanol–water partition coefficient (Wildman–Crippen LogP) is -3.81. The average molecular weight is 960 g/mol. The zero-order valence-corrected chi connectivity index (χ0v) is 35.6. The van der Waals surface area contributed by atoms with E-state index in [0.717, 1.165) is 18.1 Å². The summed E-state index contributed by atoms with van der Waals surface area (Å²) in [6.07, 6.45) is -29.2. The maximum Gasteiger partial charge on any atom is 0.309 e. The first-order valence-corrected chi connectivity index (χ1v) is 21.1. The van der Waals surface area contributed by atoms with E-state index in [0.29, 0.717) is 5.56 Å². The van der Waals surface area contributed by atoms with Crippen molar-refractivity contribution in [2.75, 3.05) is 31.8 Å². The van der Waals surface area contributed by atoms with Crippen molar-refractivity contribution in [3.05, 3.63) is 82.0 Å². The summed E-state index contributed by atoms with van der Waals surface area (Å²) in [7, 11) is 1.15. The second-order valence-corrected chi connectivity index (χ2v) is 16.7. The fourth-order valence-electron chi connectivity index (χ4n) is 8.91. The van der Waals surface area contributed by atoms with E-state index in [-0.39, 0.29) is 34.1 Å². The molecule has 3 aromatic carbocycles. The van der Waals surface area contributed by atoms with Crippen molar-refractivity contribution in [2.45, 2.75) is 104 Å². The molecule has 4 aromatic rings. The number of methoxy groups -OCH3 is 1. The monoisotopic (exact) mass is 959 g/mol. The number of nitrogens with zero attached hydrogens (tertiary/aromatic N) is 1. The number of aliphatic hydroxyl groups excluding tert-OH is 10. The van der Waals surface area contributed by atoms with Crippen LogP contribution >= 0.6 is 0 Å². The van der Waals surface area contributed by atoms with Gasteiger partial charge < -0.3 is 99.2 Å². The van der Waals surface area contributed by atoms with E-state index in [2.05, 4.69) is 0 Å². The number of amides is 1. The van der Waals surface area contributed by atoms with E-state index in [9.17, 15) is 80.8 Å². The van der Waals surface area contributed by atoms with Crippen LogP contribution in [0.15, 0.2) is 69.9 Å². The molecule has 0 saturated carbocycles. The van der Waals surface area contributed by atoms with E-state index < -0.39 is 158 Å². The molecule has 8 rings (SSSR count). The molecule has 0 bridgehead atoms. The molecule has 3 fully saturated rings. The van der Waals surface area contributed by atoms with E-state index in [1.807, 2.05) is 0 Å². The fourth-order valence-corrected chi connectivity index (χ4v) is 8.91. The molecule has 24 heteroatoms. The number of ether oxygens (including phenoxy) is 6. The highest BCUT2D eigenvalue weighted by Crippen LogP contribution is 2.48.